The summed E-state index contributed by atoms with van der Waals surface area (Å²) >= 11 is 0. The number of aryl methyl sites for hydroxylation is 1. The predicted octanol–water partition coefficient (Wildman–Crippen LogP) is 3.89. The second-order valence-corrected chi connectivity index (χ2v) is 8.79. The normalized spacial score (nSPS) is 35.3. The summed E-state index contributed by atoms with van der Waals surface area (Å²) in [6, 6.07) is 8.84. The molecule has 0 radical (unpaired) electrons. The number of rotatable bonds is 0. The van der Waals surface area contributed by atoms with Crippen LogP contribution in [0, 0.1) is 17.8 Å². The lowest BCUT2D eigenvalue weighted by molar-refractivity contribution is -0.133. The summed E-state index contributed by atoms with van der Waals surface area (Å²) in [5.41, 5.74) is 4.47. The highest BCUT2D eigenvalue weighted by atomic mass is 16.1. The molecule has 0 N–H and O–H groups in total. The molecule has 0 bridgehead atoms. The van der Waals surface area contributed by atoms with Crippen molar-refractivity contribution in [3.05, 3.63) is 35.5 Å². The molecule has 2 aliphatic heterocycles. The van der Waals surface area contributed by atoms with Gasteiger partial charge in [0.2, 0.25) is 0 Å². The zero-order valence-electron chi connectivity index (χ0n) is 15.6. The Balaban J connectivity index is 1.65. The fourth-order valence-electron chi connectivity index (χ4n) is 6.30. The average molecular weight is 336 g/mol. The van der Waals surface area contributed by atoms with E-state index in [1.54, 1.807) is 5.56 Å². The first-order valence-corrected chi connectivity index (χ1v) is 9.85. The number of carbonyl (C=O) groups excluding carboxylic acids is 1. The molecule has 25 heavy (non-hydrogen) atoms. The van der Waals surface area contributed by atoms with Gasteiger partial charge in [-0.05, 0) is 49.7 Å². The number of hydrogen-bond donors (Lipinski definition) is 0. The third-order valence-electron chi connectivity index (χ3n) is 7.66. The molecule has 4 atom stereocenters. The Morgan fingerprint density at radius 2 is 2.00 bits per heavy atom. The topological polar surface area (TPSA) is 25.2 Å². The zero-order chi connectivity index (χ0) is 17.3. The average Bonchev–Trinajstić information content (AvgIpc) is 2.91. The minimum absolute atomic E-state index is 0.0639. The highest BCUT2D eigenvalue weighted by molar-refractivity contribution is 5.86. The number of Topliss-reactive ketones (excluding diaryl/α,β-unsaturated/α-hetero) is 1. The molecule has 3 nitrogen and oxygen atoms in total. The van der Waals surface area contributed by atoms with Crippen molar-refractivity contribution in [2.24, 2.45) is 24.8 Å². The van der Waals surface area contributed by atoms with Crippen LogP contribution in [0.2, 0.25) is 0 Å². The molecule has 1 saturated heterocycles. The maximum Gasteiger partial charge on any atom is 0.136 e. The molecular weight excluding hydrogens is 308 g/mol. The summed E-state index contributed by atoms with van der Waals surface area (Å²) in [4.78, 5) is 15.1. The van der Waals surface area contributed by atoms with Crippen molar-refractivity contribution in [1.29, 1.82) is 0 Å². The molecule has 3 heterocycles. The summed E-state index contributed by atoms with van der Waals surface area (Å²) < 4.78 is 2.44. The lowest BCUT2D eigenvalue weighted by atomic mass is 9.62. The van der Waals surface area contributed by atoms with Crippen LogP contribution in [0.4, 0.5) is 0 Å². The summed E-state index contributed by atoms with van der Waals surface area (Å²) in [6.07, 6.45) is 4.18. The number of hydrogen-bond acceptors (Lipinski definition) is 2. The highest BCUT2D eigenvalue weighted by Gasteiger charge is 2.51. The van der Waals surface area contributed by atoms with Crippen molar-refractivity contribution in [3.63, 3.8) is 0 Å². The summed E-state index contributed by atoms with van der Waals surface area (Å²) in [5.74, 6) is 1.98. The van der Waals surface area contributed by atoms with Crippen LogP contribution in [-0.2, 0) is 23.8 Å². The van der Waals surface area contributed by atoms with E-state index >= 15 is 0 Å². The maximum absolute atomic E-state index is 12.3. The van der Waals surface area contributed by atoms with Crippen LogP contribution >= 0.6 is 0 Å². The number of nitrogens with zero attached hydrogens (tertiary/aromatic N) is 2. The zero-order valence-corrected chi connectivity index (χ0v) is 15.6. The van der Waals surface area contributed by atoms with Gasteiger partial charge in [-0.15, -0.1) is 0 Å². The second-order valence-electron chi connectivity index (χ2n) is 8.79. The largest absolute Gasteiger partial charge is 0.346 e. The van der Waals surface area contributed by atoms with Crippen molar-refractivity contribution in [2.75, 3.05) is 13.1 Å². The number of piperidine rings is 1. The van der Waals surface area contributed by atoms with E-state index in [1.807, 2.05) is 0 Å². The van der Waals surface area contributed by atoms with E-state index in [2.05, 4.69) is 54.6 Å². The number of fused-ring (bicyclic) bond motifs is 6. The Kier molecular flexibility index (Phi) is 3.25. The van der Waals surface area contributed by atoms with E-state index in [4.69, 9.17) is 0 Å². The first-order chi connectivity index (χ1) is 12.0. The minimum Gasteiger partial charge on any atom is -0.346 e. The first-order valence-electron chi connectivity index (χ1n) is 9.85. The van der Waals surface area contributed by atoms with Gasteiger partial charge in [-0.3, -0.25) is 9.69 Å². The molecule has 1 aromatic heterocycles. The van der Waals surface area contributed by atoms with Gasteiger partial charge in [0.1, 0.15) is 5.78 Å². The van der Waals surface area contributed by atoms with E-state index in [9.17, 15) is 4.79 Å². The Bertz CT molecular complexity index is 866. The molecule has 1 aromatic carbocycles. The highest BCUT2D eigenvalue weighted by Crippen LogP contribution is 2.51. The standard InChI is InChI=1S/C22H28N2O/c1-14-18-12-22(2)21-17(16-6-4-5-7-19(16)23(21)3)10-11-24(22)13-15(18)8-9-20(14)25/h4-7,14-15,18H,8-13H2,1-3H3/t14-,15?,18?,22+/m1/s1. The Morgan fingerprint density at radius 1 is 1.20 bits per heavy atom. The molecule has 3 aliphatic rings. The predicted molar refractivity (Wildman–Crippen MR) is 101 cm³/mol. The van der Waals surface area contributed by atoms with Crippen molar-refractivity contribution >= 4 is 16.7 Å². The number of ketones is 1. The number of benzene rings is 1. The lowest BCUT2D eigenvalue weighted by Gasteiger charge is -2.55. The lowest BCUT2D eigenvalue weighted by Crippen LogP contribution is -2.59. The van der Waals surface area contributed by atoms with E-state index in [0.29, 0.717) is 17.6 Å². The van der Waals surface area contributed by atoms with Gasteiger partial charge in [0.25, 0.3) is 0 Å². The van der Waals surface area contributed by atoms with Gasteiger partial charge >= 0.3 is 0 Å². The Labute approximate surface area is 150 Å². The van der Waals surface area contributed by atoms with Crippen LogP contribution in [0.3, 0.4) is 0 Å². The maximum atomic E-state index is 12.3. The molecule has 2 fully saturated rings. The van der Waals surface area contributed by atoms with Crippen molar-refractivity contribution in [2.45, 2.75) is 45.1 Å². The van der Waals surface area contributed by atoms with Crippen LogP contribution in [0.1, 0.15) is 44.4 Å². The number of aromatic nitrogens is 1. The van der Waals surface area contributed by atoms with Crippen molar-refractivity contribution in [3.8, 4) is 0 Å². The Hall–Kier alpha value is -1.61. The fraction of sp³-hybridized carbons (Fsp3) is 0.591. The minimum atomic E-state index is 0.0639. The quantitative estimate of drug-likeness (QED) is 0.729. The van der Waals surface area contributed by atoms with Crippen LogP contribution < -0.4 is 0 Å². The molecule has 2 aromatic rings. The van der Waals surface area contributed by atoms with Gasteiger partial charge < -0.3 is 4.57 Å². The van der Waals surface area contributed by atoms with E-state index in [1.165, 1.54) is 23.1 Å². The number of carbonyl (C=O) groups is 1. The van der Waals surface area contributed by atoms with E-state index < -0.39 is 0 Å². The molecule has 2 unspecified atom stereocenters. The number of para-hydroxylation sites is 1. The smallest absolute Gasteiger partial charge is 0.136 e. The molecule has 132 valence electrons. The molecule has 0 spiro atoms. The summed E-state index contributed by atoms with van der Waals surface area (Å²) in [5, 5.41) is 1.43. The van der Waals surface area contributed by atoms with E-state index in [-0.39, 0.29) is 11.5 Å². The molecule has 5 rings (SSSR count). The second kappa shape index (κ2) is 5.20. The monoisotopic (exact) mass is 336 g/mol. The molecule has 3 heteroatoms. The van der Waals surface area contributed by atoms with Crippen LogP contribution in [0.5, 0.6) is 0 Å². The third-order valence-corrected chi connectivity index (χ3v) is 7.66. The van der Waals surface area contributed by atoms with Gasteiger partial charge in [-0.1, -0.05) is 25.1 Å². The molecule has 1 saturated carbocycles. The SMILES string of the molecule is C[C@H]1C(=O)CCC2CN3CCc4c(n(C)c5ccccc45)[C@]3(C)CC21. The summed E-state index contributed by atoms with van der Waals surface area (Å²) in [7, 11) is 2.23. The molecule has 1 aliphatic carbocycles. The van der Waals surface area contributed by atoms with Gasteiger partial charge in [-0.2, -0.15) is 0 Å². The van der Waals surface area contributed by atoms with Crippen molar-refractivity contribution < 1.29 is 4.79 Å². The first kappa shape index (κ1) is 15.6. The van der Waals surface area contributed by atoms with Crippen LogP contribution in [0.15, 0.2) is 24.3 Å². The third kappa shape index (κ3) is 1.99. The van der Waals surface area contributed by atoms with Crippen LogP contribution in [-0.4, -0.2) is 28.3 Å². The van der Waals surface area contributed by atoms with Crippen molar-refractivity contribution in [1.82, 2.24) is 9.47 Å². The van der Waals surface area contributed by atoms with Gasteiger partial charge in [-0.25, -0.2) is 0 Å². The van der Waals surface area contributed by atoms with Crippen LogP contribution in [0.25, 0.3) is 10.9 Å². The fourth-order valence-corrected chi connectivity index (χ4v) is 6.30. The molecule has 0 amide bonds. The summed E-state index contributed by atoms with van der Waals surface area (Å²) in [6.45, 7) is 6.94. The van der Waals surface area contributed by atoms with Gasteiger partial charge in [0, 0.05) is 49.1 Å². The van der Waals surface area contributed by atoms with Gasteiger partial charge in [0.15, 0.2) is 0 Å². The van der Waals surface area contributed by atoms with E-state index in [0.717, 1.165) is 32.2 Å². The Morgan fingerprint density at radius 3 is 2.84 bits per heavy atom. The van der Waals surface area contributed by atoms with Gasteiger partial charge in [0.05, 0.1) is 5.54 Å². The molecular formula is C22H28N2O.